The van der Waals surface area contributed by atoms with Crippen molar-refractivity contribution in [2.45, 2.75) is 12.5 Å². The van der Waals surface area contributed by atoms with Crippen LogP contribution in [0.1, 0.15) is 21.5 Å². The molecule has 0 spiro atoms. The molecule has 0 radical (unpaired) electrons. The minimum absolute atomic E-state index is 0.263. The van der Waals surface area contributed by atoms with Crippen molar-refractivity contribution >= 4 is 41.1 Å². The third-order valence-corrected chi connectivity index (χ3v) is 5.59. The number of hydrogen-bond acceptors (Lipinski definition) is 6. The number of aromatic nitrogens is 4. The van der Waals surface area contributed by atoms with E-state index in [4.69, 9.17) is 17.3 Å². The second-order valence-electron chi connectivity index (χ2n) is 7.97. The van der Waals surface area contributed by atoms with Crippen molar-refractivity contribution < 1.29 is 14.4 Å². The molecule has 37 heavy (non-hydrogen) atoms. The van der Waals surface area contributed by atoms with Crippen LogP contribution < -0.4 is 16.4 Å². The third kappa shape index (κ3) is 6.86. The van der Waals surface area contributed by atoms with Gasteiger partial charge in [0.2, 0.25) is 17.7 Å². The highest BCUT2D eigenvalue weighted by Gasteiger charge is 2.21. The first kappa shape index (κ1) is 25.3. The van der Waals surface area contributed by atoms with E-state index in [0.717, 1.165) is 5.56 Å². The Morgan fingerprint density at radius 1 is 1.03 bits per heavy atom. The van der Waals surface area contributed by atoms with Crippen molar-refractivity contribution in [3.63, 3.8) is 0 Å². The monoisotopic (exact) mass is 515 g/mol. The molecule has 1 heterocycles. The van der Waals surface area contributed by atoms with E-state index < -0.39 is 23.8 Å². The summed E-state index contributed by atoms with van der Waals surface area (Å²) in [5, 5.41) is 17.1. The first-order chi connectivity index (χ1) is 17.9. The van der Waals surface area contributed by atoms with Crippen LogP contribution in [0.25, 0.3) is 11.8 Å². The molecule has 10 nitrogen and oxygen atoms in total. The van der Waals surface area contributed by atoms with E-state index in [1.165, 1.54) is 29.2 Å². The van der Waals surface area contributed by atoms with Gasteiger partial charge in [0.25, 0.3) is 0 Å². The Balaban J connectivity index is 1.51. The molecule has 1 atom stereocenters. The van der Waals surface area contributed by atoms with Gasteiger partial charge < -0.3 is 16.4 Å². The topological polar surface area (TPSA) is 145 Å². The number of carbonyl (C=O) groups is 3. The number of anilines is 1. The van der Waals surface area contributed by atoms with Crippen LogP contribution in [-0.4, -0.2) is 44.0 Å². The summed E-state index contributed by atoms with van der Waals surface area (Å²) in [5.74, 6) is -1.47. The highest BCUT2D eigenvalue weighted by molar-refractivity contribution is 6.30. The van der Waals surface area contributed by atoms with E-state index in [9.17, 15) is 14.4 Å². The largest absolute Gasteiger partial charge is 0.366 e. The molecule has 186 valence electrons. The summed E-state index contributed by atoms with van der Waals surface area (Å²) in [6.45, 7) is 0. The zero-order chi connectivity index (χ0) is 26.2. The molecule has 0 aliphatic carbocycles. The maximum atomic E-state index is 13.1. The first-order valence-electron chi connectivity index (χ1n) is 11.1. The number of halogens is 1. The SMILES string of the molecule is NC(=O)c1ccc(NC(=O)[C@H](Cc2ccccc2)NC(=O)C=Cc2cc(Cl)ccc2-n2cnnn2)cc1. The fourth-order valence-corrected chi connectivity index (χ4v) is 3.71. The van der Waals surface area contributed by atoms with E-state index in [1.807, 2.05) is 30.3 Å². The summed E-state index contributed by atoms with van der Waals surface area (Å²) in [6.07, 6.45) is 4.57. The molecule has 4 aromatic rings. The van der Waals surface area contributed by atoms with Crippen molar-refractivity contribution in [1.82, 2.24) is 25.5 Å². The van der Waals surface area contributed by atoms with Crippen LogP contribution in [0.3, 0.4) is 0 Å². The van der Waals surface area contributed by atoms with Crippen LogP contribution in [0.15, 0.2) is 85.2 Å². The van der Waals surface area contributed by atoms with Crippen molar-refractivity contribution in [3.8, 4) is 5.69 Å². The van der Waals surface area contributed by atoms with Crippen molar-refractivity contribution in [3.05, 3.63) is 107 Å². The Bertz CT molecular complexity index is 1420. The number of nitrogens with zero attached hydrogens (tertiary/aromatic N) is 4. The quantitative estimate of drug-likeness (QED) is 0.292. The summed E-state index contributed by atoms with van der Waals surface area (Å²) in [4.78, 5) is 37.3. The molecule has 0 aliphatic heterocycles. The fraction of sp³-hybridized carbons (Fsp3) is 0.0769. The van der Waals surface area contributed by atoms with Crippen LogP contribution >= 0.6 is 11.6 Å². The van der Waals surface area contributed by atoms with Gasteiger partial charge in [-0.25, -0.2) is 0 Å². The minimum Gasteiger partial charge on any atom is -0.366 e. The number of primary amides is 1. The smallest absolute Gasteiger partial charge is 0.248 e. The molecule has 0 aliphatic rings. The lowest BCUT2D eigenvalue weighted by Crippen LogP contribution is -2.44. The number of tetrazole rings is 1. The molecule has 0 saturated heterocycles. The van der Waals surface area contributed by atoms with E-state index in [2.05, 4.69) is 26.2 Å². The predicted octanol–water partition coefficient (Wildman–Crippen LogP) is 2.79. The molecule has 0 saturated carbocycles. The molecule has 0 fully saturated rings. The Kier molecular flexibility index (Phi) is 8.01. The maximum absolute atomic E-state index is 13.1. The zero-order valence-corrected chi connectivity index (χ0v) is 20.2. The Hall–Kier alpha value is -4.83. The second kappa shape index (κ2) is 11.7. The molecule has 11 heteroatoms. The van der Waals surface area contributed by atoms with Crippen molar-refractivity contribution in [1.29, 1.82) is 0 Å². The molecular weight excluding hydrogens is 494 g/mol. The van der Waals surface area contributed by atoms with E-state index in [0.29, 0.717) is 27.5 Å². The summed E-state index contributed by atoms with van der Waals surface area (Å²) in [6, 6.07) is 19.7. The molecule has 3 aromatic carbocycles. The van der Waals surface area contributed by atoms with Gasteiger partial charge in [-0.3, -0.25) is 14.4 Å². The van der Waals surface area contributed by atoms with E-state index in [1.54, 1.807) is 36.4 Å². The Morgan fingerprint density at radius 3 is 2.46 bits per heavy atom. The molecule has 0 bridgehead atoms. The number of hydrogen-bond donors (Lipinski definition) is 3. The number of benzene rings is 3. The van der Waals surface area contributed by atoms with Crippen LogP contribution in [0.5, 0.6) is 0 Å². The Morgan fingerprint density at radius 2 is 1.78 bits per heavy atom. The van der Waals surface area contributed by atoms with Gasteiger partial charge in [0.15, 0.2) is 0 Å². The average Bonchev–Trinajstić information content (AvgIpc) is 3.43. The number of nitrogens with one attached hydrogen (secondary N) is 2. The molecular formula is C26H22ClN7O3. The van der Waals surface area contributed by atoms with E-state index >= 15 is 0 Å². The summed E-state index contributed by atoms with van der Waals surface area (Å²) in [5.41, 5.74) is 8.15. The summed E-state index contributed by atoms with van der Waals surface area (Å²) >= 11 is 6.14. The van der Waals surface area contributed by atoms with Crippen molar-refractivity contribution in [2.24, 2.45) is 5.73 Å². The molecule has 3 amide bonds. The summed E-state index contributed by atoms with van der Waals surface area (Å²) in [7, 11) is 0. The van der Waals surface area contributed by atoms with Gasteiger partial charge in [0.05, 0.1) is 5.69 Å². The van der Waals surface area contributed by atoms with E-state index in [-0.39, 0.29) is 6.42 Å². The van der Waals surface area contributed by atoms with Gasteiger partial charge in [0.1, 0.15) is 12.4 Å². The normalized spacial score (nSPS) is 11.7. The van der Waals surface area contributed by atoms with Gasteiger partial charge in [0, 0.05) is 34.3 Å². The lowest BCUT2D eigenvalue weighted by Gasteiger charge is -2.18. The maximum Gasteiger partial charge on any atom is 0.248 e. The minimum atomic E-state index is -0.881. The lowest BCUT2D eigenvalue weighted by molar-refractivity contribution is -0.123. The van der Waals surface area contributed by atoms with Crippen LogP contribution in [0.2, 0.25) is 5.02 Å². The predicted molar refractivity (Wildman–Crippen MR) is 139 cm³/mol. The van der Waals surface area contributed by atoms with Gasteiger partial charge >= 0.3 is 0 Å². The van der Waals surface area contributed by atoms with Gasteiger partial charge in [-0.05, 0) is 64.5 Å². The fourth-order valence-electron chi connectivity index (χ4n) is 3.53. The average molecular weight is 516 g/mol. The Labute approximate surface area is 217 Å². The van der Waals surface area contributed by atoms with Gasteiger partial charge in [-0.2, -0.15) is 4.68 Å². The summed E-state index contributed by atoms with van der Waals surface area (Å²) < 4.78 is 1.45. The first-order valence-corrected chi connectivity index (χ1v) is 11.5. The molecule has 4 N–H and O–H groups in total. The van der Waals surface area contributed by atoms with Gasteiger partial charge in [-0.15, -0.1) is 5.10 Å². The molecule has 0 unspecified atom stereocenters. The lowest BCUT2D eigenvalue weighted by atomic mass is 10.0. The second-order valence-corrected chi connectivity index (χ2v) is 8.41. The standard InChI is InChI=1S/C26H22ClN7O3/c27-20-9-12-23(34-16-29-32-33-34)19(15-20)8-13-24(35)31-22(14-17-4-2-1-3-5-17)26(37)30-21-10-6-18(7-11-21)25(28)36/h1-13,15-16,22H,14H2,(H2,28,36)(H,30,37)(H,31,35)/t22-/m0/s1. The number of carbonyl (C=O) groups excluding carboxylic acids is 3. The van der Waals surface area contributed by atoms with Gasteiger partial charge in [-0.1, -0.05) is 41.9 Å². The van der Waals surface area contributed by atoms with Crippen LogP contribution in [0, 0.1) is 0 Å². The van der Waals surface area contributed by atoms with Crippen molar-refractivity contribution in [2.75, 3.05) is 5.32 Å². The number of nitrogens with two attached hydrogens (primary N) is 1. The number of amides is 3. The highest BCUT2D eigenvalue weighted by Crippen LogP contribution is 2.20. The number of rotatable bonds is 9. The van der Waals surface area contributed by atoms with Crippen LogP contribution in [0.4, 0.5) is 5.69 Å². The zero-order valence-electron chi connectivity index (χ0n) is 19.4. The van der Waals surface area contributed by atoms with Crippen LogP contribution in [-0.2, 0) is 16.0 Å². The molecule has 1 aromatic heterocycles. The highest BCUT2D eigenvalue weighted by atomic mass is 35.5. The third-order valence-electron chi connectivity index (χ3n) is 5.35. The molecule has 4 rings (SSSR count).